The van der Waals surface area contributed by atoms with Gasteiger partial charge in [-0.15, -0.1) is 0 Å². The van der Waals surface area contributed by atoms with Gasteiger partial charge in [0.1, 0.15) is 11.6 Å². The van der Waals surface area contributed by atoms with E-state index in [0.717, 1.165) is 10.9 Å². The van der Waals surface area contributed by atoms with Crippen LogP contribution in [-0.4, -0.2) is 17.5 Å². The lowest BCUT2D eigenvalue weighted by atomic mass is 10.1. The molecule has 3 aromatic rings. The Bertz CT molecular complexity index is 880. The predicted octanol–water partition coefficient (Wildman–Crippen LogP) is 3.38. The molecular formula is C19H17FN2O2. The van der Waals surface area contributed by atoms with Gasteiger partial charge in [-0.25, -0.2) is 4.39 Å². The lowest BCUT2D eigenvalue weighted by Crippen LogP contribution is -2.28. The summed E-state index contributed by atoms with van der Waals surface area (Å²) < 4.78 is 19.0. The van der Waals surface area contributed by atoms with Gasteiger partial charge < -0.3 is 10.1 Å². The Labute approximate surface area is 139 Å². The number of hydrogen-bond acceptors (Lipinski definition) is 3. The zero-order valence-corrected chi connectivity index (χ0v) is 13.3. The average molecular weight is 324 g/mol. The van der Waals surface area contributed by atoms with Crippen molar-refractivity contribution >= 4 is 16.8 Å². The fraction of sp³-hybridized carbons (Fsp3) is 0.158. The van der Waals surface area contributed by atoms with Crippen molar-refractivity contribution in [2.75, 3.05) is 6.61 Å². The predicted molar refractivity (Wildman–Crippen MR) is 90.2 cm³/mol. The van der Waals surface area contributed by atoms with Gasteiger partial charge >= 0.3 is 0 Å². The normalized spacial score (nSPS) is 10.6. The van der Waals surface area contributed by atoms with Gasteiger partial charge in [0.2, 0.25) is 0 Å². The molecule has 0 fully saturated rings. The quantitative estimate of drug-likeness (QED) is 0.783. The van der Waals surface area contributed by atoms with Crippen molar-refractivity contribution < 1.29 is 13.9 Å². The van der Waals surface area contributed by atoms with E-state index in [1.165, 1.54) is 6.07 Å². The monoisotopic (exact) mass is 324 g/mol. The fourth-order valence-electron chi connectivity index (χ4n) is 2.29. The summed E-state index contributed by atoms with van der Waals surface area (Å²) in [5.41, 5.74) is 2.16. The Morgan fingerprint density at radius 2 is 2.08 bits per heavy atom. The summed E-state index contributed by atoms with van der Waals surface area (Å²) in [5.74, 6) is 0.0667. The second-order valence-corrected chi connectivity index (χ2v) is 5.51. The summed E-state index contributed by atoms with van der Waals surface area (Å²) in [5, 5.41) is 3.66. The van der Waals surface area contributed by atoms with Gasteiger partial charge in [0.05, 0.1) is 5.52 Å². The number of aromatic nitrogens is 1. The fourth-order valence-corrected chi connectivity index (χ4v) is 2.29. The Kier molecular flexibility index (Phi) is 4.70. The maximum absolute atomic E-state index is 13.5. The largest absolute Gasteiger partial charge is 0.484 e. The van der Waals surface area contributed by atoms with Crippen molar-refractivity contribution in [1.29, 1.82) is 0 Å². The van der Waals surface area contributed by atoms with Crippen molar-refractivity contribution in [3.8, 4) is 5.75 Å². The maximum Gasteiger partial charge on any atom is 0.258 e. The second kappa shape index (κ2) is 7.08. The first-order valence-corrected chi connectivity index (χ1v) is 7.61. The van der Waals surface area contributed by atoms with Gasteiger partial charge in [-0.2, -0.15) is 0 Å². The van der Waals surface area contributed by atoms with Gasteiger partial charge in [-0.3, -0.25) is 9.78 Å². The van der Waals surface area contributed by atoms with Crippen LogP contribution in [0.15, 0.2) is 54.7 Å². The molecule has 0 atom stereocenters. The second-order valence-electron chi connectivity index (χ2n) is 5.51. The molecule has 1 N–H and O–H groups in total. The number of aryl methyl sites for hydroxylation is 1. The minimum Gasteiger partial charge on any atom is -0.484 e. The van der Waals surface area contributed by atoms with Gasteiger partial charge in [0.15, 0.2) is 6.61 Å². The van der Waals surface area contributed by atoms with Crippen LogP contribution in [0.25, 0.3) is 10.9 Å². The molecule has 1 amide bonds. The van der Waals surface area contributed by atoms with Crippen LogP contribution in [0, 0.1) is 12.7 Å². The minimum absolute atomic E-state index is 0.0971. The van der Waals surface area contributed by atoms with Crippen LogP contribution >= 0.6 is 0 Å². The molecule has 122 valence electrons. The number of benzene rings is 2. The number of rotatable bonds is 5. The molecule has 24 heavy (non-hydrogen) atoms. The van der Waals surface area contributed by atoms with E-state index in [2.05, 4.69) is 10.3 Å². The lowest BCUT2D eigenvalue weighted by Gasteiger charge is -2.09. The molecule has 0 saturated heterocycles. The van der Waals surface area contributed by atoms with E-state index < -0.39 is 0 Å². The third kappa shape index (κ3) is 3.87. The van der Waals surface area contributed by atoms with E-state index in [9.17, 15) is 9.18 Å². The third-order valence-electron chi connectivity index (χ3n) is 3.67. The van der Waals surface area contributed by atoms with E-state index in [1.807, 2.05) is 24.3 Å². The molecule has 0 unspecified atom stereocenters. The van der Waals surface area contributed by atoms with Gasteiger partial charge in [-0.05, 0) is 48.4 Å². The first kappa shape index (κ1) is 15.9. The SMILES string of the molecule is Cc1ccc(CNC(=O)COc2ccc3ncccc3c2)cc1F. The summed E-state index contributed by atoms with van der Waals surface area (Å²) in [6, 6.07) is 14.1. The topological polar surface area (TPSA) is 51.2 Å². The van der Waals surface area contributed by atoms with Gasteiger partial charge in [0.25, 0.3) is 5.91 Å². The number of carbonyl (C=O) groups is 1. The number of nitrogens with zero attached hydrogens (tertiary/aromatic N) is 1. The van der Waals surface area contributed by atoms with Gasteiger partial charge in [-0.1, -0.05) is 18.2 Å². The maximum atomic E-state index is 13.5. The lowest BCUT2D eigenvalue weighted by molar-refractivity contribution is -0.123. The molecule has 1 aromatic heterocycles. The van der Waals surface area contributed by atoms with Crippen molar-refractivity contribution in [2.45, 2.75) is 13.5 Å². The van der Waals surface area contributed by atoms with Crippen molar-refractivity contribution in [1.82, 2.24) is 10.3 Å². The molecule has 0 spiro atoms. The Balaban J connectivity index is 1.53. The van der Waals surface area contributed by atoms with E-state index >= 15 is 0 Å². The van der Waals surface area contributed by atoms with Crippen molar-refractivity contribution in [2.24, 2.45) is 0 Å². The Morgan fingerprint density at radius 1 is 1.21 bits per heavy atom. The molecule has 2 aromatic carbocycles. The van der Waals surface area contributed by atoms with Crippen LogP contribution in [0.1, 0.15) is 11.1 Å². The number of fused-ring (bicyclic) bond motifs is 1. The van der Waals surface area contributed by atoms with E-state index in [1.54, 1.807) is 31.3 Å². The highest BCUT2D eigenvalue weighted by molar-refractivity contribution is 5.80. The summed E-state index contributed by atoms with van der Waals surface area (Å²) >= 11 is 0. The molecule has 0 radical (unpaired) electrons. The highest BCUT2D eigenvalue weighted by Gasteiger charge is 2.05. The zero-order chi connectivity index (χ0) is 16.9. The van der Waals surface area contributed by atoms with Crippen LogP contribution < -0.4 is 10.1 Å². The molecule has 3 rings (SSSR count). The zero-order valence-electron chi connectivity index (χ0n) is 13.3. The molecule has 4 nitrogen and oxygen atoms in total. The van der Waals surface area contributed by atoms with E-state index in [0.29, 0.717) is 16.9 Å². The smallest absolute Gasteiger partial charge is 0.258 e. The molecule has 0 aliphatic carbocycles. The standard InChI is InChI=1S/C19H17FN2O2/c1-13-4-5-14(9-17(13)20)11-22-19(23)12-24-16-6-7-18-15(10-16)3-2-8-21-18/h2-10H,11-12H2,1H3,(H,22,23). The van der Waals surface area contributed by atoms with Crippen molar-refractivity contribution in [3.63, 3.8) is 0 Å². The number of nitrogens with one attached hydrogen (secondary N) is 1. The van der Waals surface area contributed by atoms with Crippen LogP contribution in [0.5, 0.6) is 5.75 Å². The first-order valence-electron chi connectivity index (χ1n) is 7.61. The summed E-state index contributed by atoms with van der Waals surface area (Å²) in [6.07, 6.45) is 1.73. The van der Waals surface area contributed by atoms with E-state index in [4.69, 9.17) is 4.74 Å². The van der Waals surface area contributed by atoms with Crippen LogP contribution in [-0.2, 0) is 11.3 Å². The number of pyridine rings is 1. The number of ether oxygens (including phenoxy) is 1. The molecule has 0 saturated carbocycles. The molecule has 0 bridgehead atoms. The minimum atomic E-state index is -0.275. The third-order valence-corrected chi connectivity index (χ3v) is 3.67. The summed E-state index contributed by atoms with van der Waals surface area (Å²) in [7, 11) is 0. The molecule has 5 heteroatoms. The summed E-state index contributed by atoms with van der Waals surface area (Å²) in [4.78, 5) is 16.1. The number of amides is 1. The summed E-state index contributed by atoms with van der Waals surface area (Å²) in [6.45, 7) is 1.87. The number of hydrogen-bond donors (Lipinski definition) is 1. The van der Waals surface area contributed by atoms with Crippen LogP contribution in [0.2, 0.25) is 0 Å². The molecular weight excluding hydrogens is 307 g/mol. The molecule has 1 heterocycles. The molecule has 0 aliphatic rings. The van der Waals surface area contributed by atoms with Crippen LogP contribution in [0.3, 0.4) is 0 Å². The average Bonchev–Trinajstić information content (AvgIpc) is 2.60. The van der Waals surface area contributed by atoms with E-state index in [-0.39, 0.29) is 24.9 Å². The number of carbonyl (C=O) groups excluding carboxylic acids is 1. The molecule has 0 aliphatic heterocycles. The van der Waals surface area contributed by atoms with Crippen LogP contribution in [0.4, 0.5) is 4.39 Å². The highest BCUT2D eigenvalue weighted by Crippen LogP contribution is 2.18. The Hall–Kier alpha value is -2.95. The van der Waals surface area contributed by atoms with Gasteiger partial charge in [0, 0.05) is 18.1 Å². The first-order chi connectivity index (χ1) is 11.6. The highest BCUT2D eigenvalue weighted by atomic mass is 19.1. The number of halogens is 1. The Morgan fingerprint density at radius 3 is 2.92 bits per heavy atom. The van der Waals surface area contributed by atoms with Crippen molar-refractivity contribution in [3.05, 3.63) is 71.7 Å².